The molecule has 2 N–H and O–H groups in total. The molecule has 4 nitrogen and oxygen atoms in total. The Morgan fingerprint density at radius 1 is 1.47 bits per heavy atom. The third kappa shape index (κ3) is 2.87. The molecule has 1 amide bonds. The molecule has 1 unspecified atom stereocenters. The summed E-state index contributed by atoms with van der Waals surface area (Å²) < 4.78 is -0.505. The number of carboxylic acid groups (broad SMARTS) is 1. The third-order valence-electron chi connectivity index (χ3n) is 3.18. The summed E-state index contributed by atoms with van der Waals surface area (Å²) in [6, 6.07) is 4.54. The third-order valence-corrected chi connectivity index (χ3v) is 5.02. The molecular formula is C13H14ClNO3S. The summed E-state index contributed by atoms with van der Waals surface area (Å²) in [6.45, 7) is 1.87. The zero-order chi connectivity index (χ0) is 14.0. The summed E-state index contributed by atoms with van der Waals surface area (Å²) >= 11 is 7.57. The van der Waals surface area contributed by atoms with Gasteiger partial charge in [0.1, 0.15) is 0 Å². The number of carboxylic acids is 1. The van der Waals surface area contributed by atoms with Crippen LogP contribution in [0.3, 0.4) is 0 Å². The molecule has 1 saturated heterocycles. The molecule has 0 aromatic heterocycles. The topological polar surface area (TPSA) is 66.4 Å². The summed E-state index contributed by atoms with van der Waals surface area (Å²) in [6.07, 6.45) is 1.78. The van der Waals surface area contributed by atoms with Gasteiger partial charge in [0.15, 0.2) is 0 Å². The minimum absolute atomic E-state index is 0.00690. The molecule has 1 aromatic carbocycles. The Balaban J connectivity index is 2.28. The van der Waals surface area contributed by atoms with Gasteiger partial charge in [0.05, 0.1) is 21.0 Å². The number of hydrogen-bond acceptors (Lipinski definition) is 3. The van der Waals surface area contributed by atoms with Crippen LogP contribution in [0, 0.1) is 0 Å². The summed E-state index contributed by atoms with van der Waals surface area (Å²) in [5.74, 6) is -0.356. The lowest BCUT2D eigenvalue weighted by Gasteiger charge is -2.22. The van der Waals surface area contributed by atoms with Gasteiger partial charge in [-0.05, 0) is 37.7 Å². The molecule has 0 bridgehead atoms. The number of aromatic carboxylic acids is 1. The maximum atomic E-state index is 12.3. The van der Waals surface area contributed by atoms with Crippen LogP contribution >= 0.6 is 23.4 Å². The van der Waals surface area contributed by atoms with Crippen LogP contribution in [-0.4, -0.2) is 27.5 Å². The van der Waals surface area contributed by atoms with Gasteiger partial charge in [0.25, 0.3) is 0 Å². The summed E-state index contributed by atoms with van der Waals surface area (Å²) in [7, 11) is 0. The van der Waals surface area contributed by atoms with Crippen LogP contribution in [0.5, 0.6) is 0 Å². The number of rotatable bonds is 3. The van der Waals surface area contributed by atoms with Crippen molar-refractivity contribution in [3.63, 3.8) is 0 Å². The van der Waals surface area contributed by atoms with Crippen molar-refractivity contribution in [1.82, 2.24) is 0 Å². The normalized spacial score (nSPS) is 22.2. The fourth-order valence-corrected chi connectivity index (χ4v) is 3.47. The van der Waals surface area contributed by atoms with Gasteiger partial charge in [0, 0.05) is 0 Å². The zero-order valence-electron chi connectivity index (χ0n) is 10.4. The lowest BCUT2D eigenvalue weighted by atomic mass is 10.0. The SMILES string of the molecule is CC1(C(=O)Nc2c(Cl)cccc2C(=O)O)CCCS1. The van der Waals surface area contributed by atoms with Crippen molar-refractivity contribution in [2.45, 2.75) is 24.5 Å². The monoisotopic (exact) mass is 299 g/mol. The Labute approximate surface area is 120 Å². The fourth-order valence-electron chi connectivity index (χ4n) is 2.03. The van der Waals surface area contributed by atoms with Crippen molar-refractivity contribution in [3.8, 4) is 0 Å². The van der Waals surface area contributed by atoms with Crippen molar-refractivity contribution < 1.29 is 14.7 Å². The molecule has 0 aliphatic carbocycles. The number of anilines is 1. The molecule has 1 fully saturated rings. The number of benzene rings is 1. The average Bonchev–Trinajstić information content (AvgIpc) is 2.79. The Kier molecular flexibility index (Phi) is 4.06. The highest BCUT2D eigenvalue weighted by atomic mass is 35.5. The van der Waals surface area contributed by atoms with Crippen molar-refractivity contribution in [3.05, 3.63) is 28.8 Å². The van der Waals surface area contributed by atoms with Gasteiger partial charge in [-0.2, -0.15) is 0 Å². The van der Waals surface area contributed by atoms with Crippen LogP contribution in [0.15, 0.2) is 18.2 Å². The number of carbonyl (C=O) groups excluding carboxylic acids is 1. The second-order valence-corrected chi connectivity index (χ2v) is 6.61. The van der Waals surface area contributed by atoms with E-state index in [1.54, 1.807) is 23.9 Å². The Morgan fingerprint density at radius 3 is 2.79 bits per heavy atom. The van der Waals surface area contributed by atoms with E-state index in [0.717, 1.165) is 18.6 Å². The van der Waals surface area contributed by atoms with E-state index in [4.69, 9.17) is 16.7 Å². The van der Waals surface area contributed by atoms with Gasteiger partial charge < -0.3 is 10.4 Å². The molecule has 1 aliphatic rings. The second kappa shape index (κ2) is 5.43. The van der Waals surface area contributed by atoms with Gasteiger partial charge in [0.2, 0.25) is 5.91 Å². The lowest BCUT2D eigenvalue weighted by Crippen LogP contribution is -2.35. The quantitative estimate of drug-likeness (QED) is 0.899. The minimum atomic E-state index is -1.11. The van der Waals surface area contributed by atoms with E-state index in [1.165, 1.54) is 6.07 Å². The van der Waals surface area contributed by atoms with Crippen LogP contribution < -0.4 is 5.32 Å². The molecule has 1 atom stereocenters. The van der Waals surface area contributed by atoms with E-state index >= 15 is 0 Å². The summed E-state index contributed by atoms with van der Waals surface area (Å²) in [5.41, 5.74) is 0.183. The Hall–Kier alpha value is -1.20. The first-order valence-electron chi connectivity index (χ1n) is 5.91. The molecule has 1 heterocycles. The lowest BCUT2D eigenvalue weighted by molar-refractivity contribution is -0.118. The van der Waals surface area contributed by atoms with Crippen LogP contribution in [0.25, 0.3) is 0 Å². The number of thioether (sulfide) groups is 1. The Bertz CT molecular complexity index is 527. The zero-order valence-corrected chi connectivity index (χ0v) is 12.0. The van der Waals surface area contributed by atoms with Gasteiger partial charge >= 0.3 is 5.97 Å². The van der Waals surface area contributed by atoms with E-state index in [1.807, 2.05) is 6.92 Å². The molecule has 0 radical (unpaired) electrons. The molecular weight excluding hydrogens is 286 g/mol. The molecule has 0 spiro atoms. The van der Waals surface area contributed by atoms with E-state index < -0.39 is 10.7 Å². The van der Waals surface area contributed by atoms with Gasteiger partial charge in [-0.25, -0.2) is 4.79 Å². The van der Waals surface area contributed by atoms with Gasteiger partial charge in [-0.1, -0.05) is 17.7 Å². The van der Waals surface area contributed by atoms with E-state index in [9.17, 15) is 9.59 Å². The number of nitrogens with one attached hydrogen (secondary N) is 1. The molecule has 1 aliphatic heterocycles. The number of amides is 1. The van der Waals surface area contributed by atoms with Crippen molar-refractivity contribution >= 4 is 40.9 Å². The molecule has 102 valence electrons. The van der Waals surface area contributed by atoms with Gasteiger partial charge in [-0.3, -0.25) is 4.79 Å². The largest absolute Gasteiger partial charge is 0.478 e. The Morgan fingerprint density at radius 2 is 2.21 bits per heavy atom. The highest BCUT2D eigenvalue weighted by molar-refractivity contribution is 8.01. The first-order chi connectivity index (χ1) is 8.94. The van der Waals surface area contributed by atoms with Crippen LogP contribution in [0.2, 0.25) is 5.02 Å². The molecule has 2 rings (SSSR count). The van der Waals surface area contributed by atoms with E-state index in [-0.39, 0.29) is 22.2 Å². The van der Waals surface area contributed by atoms with Gasteiger partial charge in [-0.15, -0.1) is 11.8 Å². The minimum Gasteiger partial charge on any atom is -0.478 e. The maximum absolute atomic E-state index is 12.3. The molecule has 1 aromatic rings. The fraction of sp³-hybridized carbons (Fsp3) is 0.385. The van der Waals surface area contributed by atoms with Crippen LogP contribution in [0.4, 0.5) is 5.69 Å². The van der Waals surface area contributed by atoms with Crippen molar-refractivity contribution in [2.75, 3.05) is 11.1 Å². The molecule has 6 heteroatoms. The standard InChI is InChI=1S/C13H14ClNO3S/c1-13(6-3-7-19-13)12(18)15-10-8(11(16)17)4-2-5-9(10)14/h2,4-5H,3,6-7H2,1H3,(H,15,18)(H,16,17). The molecule has 19 heavy (non-hydrogen) atoms. The summed E-state index contributed by atoms with van der Waals surface area (Å²) in [5, 5.41) is 12.0. The van der Waals surface area contributed by atoms with Crippen molar-refractivity contribution in [2.24, 2.45) is 0 Å². The highest BCUT2D eigenvalue weighted by Crippen LogP contribution is 2.39. The van der Waals surface area contributed by atoms with Crippen LogP contribution in [-0.2, 0) is 4.79 Å². The predicted molar refractivity (Wildman–Crippen MR) is 77.1 cm³/mol. The molecule has 0 saturated carbocycles. The second-order valence-electron chi connectivity index (χ2n) is 4.60. The maximum Gasteiger partial charge on any atom is 0.337 e. The first-order valence-corrected chi connectivity index (χ1v) is 7.27. The van der Waals surface area contributed by atoms with E-state index in [2.05, 4.69) is 5.32 Å². The van der Waals surface area contributed by atoms with E-state index in [0.29, 0.717) is 0 Å². The number of carbonyl (C=O) groups is 2. The number of para-hydroxylation sites is 1. The predicted octanol–water partition coefficient (Wildman–Crippen LogP) is 3.26. The van der Waals surface area contributed by atoms with Crippen LogP contribution in [0.1, 0.15) is 30.1 Å². The first kappa shape index (κ1) is 14.2. The summed E-state index contributed by atoms with van der Waals surface area (Å²) in [4.78, 5) is 23.4. The smallest absolute Gasteiger partial charge is 0.337 e. The highest BCUT2D eigenvalue weighted by Gasteiger charge is 2.37. The number of hydrogen-bond donors (Lipinski definition) is 2. The number of halogens is 1. The average molecular weight is 300 g/mol. The van der Waals surface area contributed by atoms with Crippen molar-refractivity contribution in [1.29, 1.82) is 0 Å².